The summed E-state index contributed by atoms with van der Waals surface area (Å²) in [6.45, 7) is 5.42. The summed E-state index contributed by atoms with van der Waals surface area (Å²) in [6, 6.07) is 6.37. The van der Waals surface area contributed by atoms with Crippen LogP contribution in [0.3, 0.4) is 0 Å². The lowest BCUT2D eigenvalue weighted by Crippen LogP contribution is -2.12. The number of hydrogen-bond acceptors (Lipinski definition) is 5. The van der Waals surface area contributed by atoms with Crippen molar-refractivity contribution < 1.29 is 22.1 Å². The van der Waals surface area contributed by atoms with Gasteiger partial charge in [-0.1, -0.05) is 37.5 Å². The molecule has 1 aromatic rings. The molecule has 23 heavy (non-hydrogen) atoms. The van der Waals surface area contributed by atoms with Gasteiger partial charge < -0.3 is 8.92 Å². The molecule has 0 saturated heterocycles. The first kappa shape index (κ1) is 19.2. The summed E-state index contributed by atoms with van der Waals surface area (Å²) in [5, 5.41) is 0. The van der Waals surface area contributed by atoms with E-state index in [1.807, 2.05) is 13.8 Å². The highest BCUT2D eigenvalue weighted by atomic mass is 32.2. The fraction of sp³-hybridized carbons (Fsp3) is 0.471. The van der Waals surface area contributed by atoms with Gasteiger partial charge in [0.2, 0.25) is 0 Å². The predicted octanol–water partition coefficient (Wildman–Crippen LogP) is 3.73. The second kappa shape index (κ2) is 8.72. The van der Waals surface area contributed by atoms with Crippen LogP contribution in [0.15, 0.2) is 40.5 Å². The van der Waals surface area contributed by atoms with Crippen LogP contribution in [0.25, 0.3) is 0 Å². The Kier molecular flexibility index (Phi) is 7.29. The van der Waals surface area contributed by atoms with Crippen molar-refractivity contribution in [3.05, 3.63) is 41.2 Å². The number of benzene rings is 1. The Morgan fingerprint density at radius 3 is 2.26 bits per heavy atom. The molecule has 0 spiro atoms. The molecular formula is C17H24O5S. The number of allylic oxidation sites excluding steroid dienone is 1. The van der Waals surface area contributed by atoms with Gasteiger partial charge in [0.15, 0.2) is 0 Å². The van der Waals surface area contributed by atoms with Crippen LogP contribution in [0.5, 0.6) is 0 Å². The highest BCUT2D eigenvalue weighted by molar-refractivity contribution is 7.86. The predicted molar refractivity (Wildman–Crippen MR) is 88.3 cm³/mol. The summed E-state index contributed by atoms with van der Waals surface area (Å²) in [5.41, 5.74) is 1.13. The highest BCUT2D eigenvalue weighted by Crippen LogP contribution is 2.23. The van der Waals surface area contributed by atoms with Crippen molar-refractivity contribution in [2.75, 3.05) is 7.11 Å². The van der Waals surface area contributed by atoms with Crippen molar-refractivity contribution in [2.24, 2.45) is 0 Å². The van der Waals surface area contributed by atoms with Gasteiger partial charge in [-0.2, -0.15) is 8.42 Å². The standard InChI is InChI=1S/C17H24O5S/c1-5-6-7-8-16(14(3)17(18)21-4)22-23(19,20)15-11-9-13(2)10-12-15/h9-12H,5-8H2,1-4H3/b16-14+. The Balaban J connectivity index is 3.08. The Morgan fingerprint density at radius 1 is 1.13 bits per heavy atom. The van der Waals surface area contributed by atoms with Crippen LogP contribution in [0.4, 0.5) is 0 Å². The number of hydrogen-bond donors (Lipinski definition) is 0. The molecular weight excluding hydrogens is 316 g/mol. The molecule has 6 heteroatoms. The van der Waals surface area contributed by atoms with Crippen molar-refractivity contribution in [3.8, 4) is 0 Å². The van der Waals surface area contributed by atoms with E-state index in [0.717, 1.165) is 24.8 Å². The van der Waals surface area contributed by atoms with E-state index in [2.05, 4.69) is 4.74 Å². The van der Waals surface area contributed by atoms with Crippen molar-refractivity contribution in [3.63, 3.8) is 0 Å². The van der Waals surface area contributed by atoms with Crippen molar-refractivity contribution in [1.82, 2.24) is 0 Å². The van der Waals surface area contributed by atoms with E-state index in [0.29, 0.717) is 6.42 Å². The molecule has 1 aromatic carbocycles. The highest BCUT2D eigenvalue weighted by Gasteiger charge is 2.21. The van der Waals surface area contributed by atoms with E-state index in [-0.39, 0.29) is 16.2 Å². The van der Waals surface area contributed by atoms with Crippen LogP contribution in [-0.4, -0.2) is 21.5 Å². The maximum absolute atomic E-state index is 12.4. The molecule has 0 aromatic heterocycles. The van der Waals surface area contributed by atoms with Gasteiger partial charge in [-0.3, -0.25) is 0 Å². The van der Waals surface area contributed by atoms with Crippen LogP contribution in [0.2, 0.25) is 0 Å². The quantitative estimate of drug-likeness (QED) is 0.237. The second-order valence-electron chi connectivity index (χ2n) is 5.35. The number of carbonyl (C=O) groups is 1. The normalized spacial score (nSPS) is 12.5. The van der Waals surface area contributed by atoms with Crippen LogP contribution < -0.4 is 0 Å². The van der Waals surface area contributed by atoms with E-state index < -0.39 is 16.1 Å². The van der Waals surface area contributed by atoms with E-state index in [1.54, 1.807) is 12.1 Å². The monoisotopic (exact) mass is 340 g/mol. The molecule has 0 saturated carbocycles. The van der Waals surface area contributed by atoms with Crippen LogP contribution >= 0.6 is 0 Å². The summed E-state index contributed by atoms with van der Waals surface area (Å²) in [7, 11) is -2.71. The molecule has 0 unspecified atom stereocenters. The molecule has 0 N–H and O–H groups in total. The molecule has 0 aliphatic rings. The van der Waals surface area contributed by atoms with E-state index >= 15 is 0 Å². The summed E-state index contributed by atoms with van der Waals surface area (Å²) in [6.07, 6.45) is 3.02. The van der Waals surface area contributed by atoms with Gasteiger partial charge in [0.05, 0.1) is 12.7 Å². The number of unbranched alkanes of at least 4 members (excludes halogenated alkanes) is 2. The lowest BCUT2D eigenvalue weighted by atomic mass is 10.1. The molecule has 0 atom stereocenters. The summed E-state index contributed by atoms with van der Waals surface area (Å²) < 4.78 is 34.7. The average molecular weight is 340 g/mol. The average Bonchev–Trinajstić information content (AvgIpc) is 2.53. The molecule has 0 amide bonds. The molecule has 1 rings (SSSR count). The first-order chi connectivity index (χ1) is 10.8. The van der Waals surface area contributed by atoms with Crippen LogP contribution in [0.1, 0.15) is 45.1 Å². The lowest BCUT2D eigenvalue weighted by Gasteiger charge is -2.13. The van der Waals surface area contributed by atoms with Gasteiger partial charge in [0.1, 0.15) is 10.7 Å². The Bertz CT molecular complexity index is 657. The Hall–Kier alpha value is -1.82. The number of ether oxygens (including phenoxy) is 1. The van der Waals surface area contributed by atoms with Gasteiger partial charge in [0, 0.05) is 6.42 Å². The number of esters is 1. The van der Waals surface area contributed by atoms with E-state index in [4.69, 9.17) is 4.18 Å². The maximum Gasteiger partial charge on any atom is 0.338 e. The zero-order chi connectivity index (χ0) is 17.5. The lowest BCUT2D eigenvalue weighted by molar-refractivity contribution is -0.136. The third-order valence-electron chi connectivity index (χ3n) is 3.44. The molecule has 0 bridgehead atoms. The topological polar surface area (TPSA) is 69.7 Å². The Morgan fingerprint density at radius 2 is 1.74 bits per heavy atom. The largest absolute Gasteiger partial charge is 0.466 e. The van der Waals surface area contributed by atoms with Crippen molar-refractivity contribution >= 4 is 16.1 Å². The molecule has 5 nitrogen and oxygen atoms in total. The molecule has 0 radical (unpaired) electrons. The number of methoxy groups -OCH3 is 1. The van der Waals surface area contributed by atoms with E-state index in [9.17, 15) is 13.2 Å². The molecule has 0 fully saturated rings. The number of rotatable bonds is 8. The van der Waals surface area contributed by atoms with Gasteiger partial charge >= 0.3 is 16.1 Å². The first-order valence-corrected chi connectivity index (χ1v) is 9.02. The van der Waals surface area contributed by atoms with Crippen LogP contribution in [0, 0.1) is 6.92 Å². The SMILES string of the molecule is CCCCC/C(OS(=O)(=O)c1ccc(C)cc1)=C(/C)C(=O)OC. The van der Waals surface area contributed by atoms with Gasteiger partial charge in [-0.05, 0) is 32.4 Å². The third kappa shape index (κ3) is 5.71. The second-order valence-corrected chi connectivity index (χ2v) is 6.89. The van der Waals surface area contributed by atoms with E-state index in [1.165, 1.54) is 26.2 Å². The van der Waals surface area contributed by atoms with Gasteiger partial charge in [-0.15, -0.1) is 0 Å². The van der Waals surface area contributed by atoms with Gasteiger partial charge in [-0.25, -0.2) is 4.79 Å². The zero-order valence-electron chi connectivity index (χ0n) is 14.1. The minimum Gasteiger partial charge on any atom is -0.466 e. The van der Waals surface area contributed by atoms with Crippen molar-refractivity contribution in [1.29, 1.82) is 0 Å². The Labute approximate surface area is 138 Å². The first-order valence-electron chi connectivity index (χ1n) is 7.61. The minimum atomic E-state index is -3.97. The number of carbonyl (C=O) groups excluding carboxylic acids is 1. The zero-order valence-corrected chi connectivity index (χ0v) is 14.9. The third-order valence-corrected chi connectivity index (χ3v) is 4.71. The maximum atomic E-state index is 12.4. The molecule has 0 aliphatic carbocycles. The summed E-state index contributed by atoms with van der Waals surface area (Å²) >= 11 is 0. The summed E-state index contributed by atoms with van der Waals surface area (Å²) in [5.74, 6) is -0.443. The van der Waals surface area contributed by atoms with Crippen molar-refractivity contribution in [2.45, 2.75) is 51.3 Å². The summed E-state index contributed by atoms with van der Waals surface area (Å²) in [4.78, 5) is 11.8. The van der Waals surface area contributed by atoms with Crippen LogP contribution in [-0.2, 0) is 23.8 Å². The number of aryl methyl sites for hydroxylation is 1. The molecule has 0 aliphatic heterocycles. The minimum absolute atomic E-state index is 0.0637. The fourth-order valence-corrected chi connectivity index (χ4v) is 3.02. The molecule has 0 heterocycles. The van der Waals surface area contributed by atoms with Gasteiger partial charge in [0.25, 0.3) is 0 Å². The fourth-order valence-electron chi connectivity index (χ4n) is 1.98. The smallest absolute Gasteiger partial charge is 0.338 e. The molecule has 128 valence electrons.